The number of carboxylic acid groups (broad SMARTS) is 1. The van der Waals surface area contributed by atoms with Crippen LogP contribution in [0.5, 0.6) is 0 Å². The van der Waals surface area contributed by atoms with Crippen molar-refractivity contribution < 1.29 is 9.90 Å². The van der Waals surface area contributed by atoms with E-state index in [2.05, 4.69) is 19.1 Å². The van der Waals surface area contributed by atoms with E-state index in [-0.39, 0.29) is 0 Å². The fourth-order valence-electron chi connectivity index (χ4n) is 2.77. The third-order valence-corrected chi connectivity index (χ3v) is 4.16. The van der Waals surface area contributed by atoms with Gasteiger partial charge in [-0.15, -0.1) is 0 Å². The minimum Gasteiger partial charge on any atom is -0.481 e. The first-order valence-electron chi connectivity index (χ1n) is 9.64. The number of aliphatic carboxylic acids is 1. The minimum absolute atomic E-state index is 0.342. The minimum atomic E-state index is -0.655. The maximum Gasteiger partial charge on any atom is 0.303 e. The molecule has 0 rings (SSSR count). The molecule has 0 aromatic carbocycles. The van der Waals surface area contributed by atoms with Crippen molar-refractivity contribution in [3.63, 3.8) is 0 Å². The van der Waals surface area contributed by atoms with Crippen LogP contribution in [-0.4, -0.2) is 11.1 Å². The van der Waals surface area contributed by atoms with E-state index in [1.165, 1.54) is 83.5 Å². The first-order chi connectivity index (χ1) is 10.8. The van der Waals surface area contributed by atoms with Gasteiger partial charge in [-0.2, -0.15) is 0 Å². The zero-order valence-electron chi connectivity index (χ0n) is 14.8. The monoisotopic (exact) mass is 310 g/mol. The van der Waals surface area contributed by atoms with Crippen LogP contribution < -0.4 is 0 Å². The highest BCUT2D eigenvalue weighted by atomic mass is 16.4. The fraction of sp³-hybridized carbons (Fsp3) is 0.850. The second-order valence-electron chi connectivity index (χ2n) is 6.41. The summed E-state index contributed by atoms with van der Waals surface area (Å²) in [5.41, 5.74) is 0. The fourth-order valence-corrected chi connectivity index (χ4v) is 2.77. The van der Waals surface area contributed by atoms with Crippen LogP contribution in [0.3, 0.4) is 0 Å². The van der Waals surface area contributed by atoms with E-state index in [0.29, 0.717) is 6.42 Å². The van der Waals surface area contributed by atoms with Gasteiger partial charge < -0.3 is 5.11 Å². The molecule has 0 heterocycles. The molecule has 0 aliphatic heterocycles. The highest BCUT2D eigenvalue weighted by molar-refractivity contribution is 5.66. The Morgan fingerprint density at radius 1 is 0.682 bits per heavy atom. The smallest absolute Gasteiger partial charge is 0.303 e. The predicted molar refractivity (Wildman–Crippen MR) is 96.3 cm³/mol. The molecule has 130 valence electrons. The lowest BCUT2D eigenvalue weighted by molar-refractivity contribution is -0.137. The predicted octanol–water partition coefficient (Wildman–Crippen LogP) is 6.89. The summed E-state index contributed by atoms with van der Waals surface area (Å²) < 4.78 is 0. The Balaban J connectivity index is 2.99. The van der Waals surface area contributed by atoms with Crippen LogP contribution in [0, 0.1) is 0 Å². The molecule has 2 heteroatoms. The Labute approximate surface area is 138 Å². The Bertz CT molecular complexity index is 258. The van der Waals surface area contributed by atoms with E-state index in [4.69, 9.17) is 5.11 Å². The number of allylic oxidation sites excluding steroid dienone is 2. The molecule has 0 aromatic rings. The molecule has 0 fully saturated rings. The Kier molecular flexibility index (Phi) is 17.6. The quantitative estimate of drug-likeness (QED) is 0.234. The summed E-state index contributed by atoms with van der Waals surface area (Å²) in [4.78, 5) is 10.4. The van der Waals surface area contributed by atoms with Crippen LogP contribution in [-0.2, 0) is 4.79 Å². The molecule has 0 saturated carbocycles. The molecule has 0 amide bonds. The van der Waals surface area contributed by atoms with Crippen LogP contribution in [0.15, 0.2) is 12.2 Å². The topological polar surface area (TPSA) is 37.3 Å². The average molecular weight is 311 g/mol. The van der Waals surface area contributed by atoms with Crippen LogP contribution in [0.25, 0.3) is 0 Å². The van der Waals surface area contributed by atoms with Gasteiger partial charge in [0, 0.05) is 6.42 Å². The van der Waals surface area contributed by atoms with Gasteiger partial charge in [0.05, 0.1) is 0 Å². The van der Waals surface area contributed by atoms with Crippen LogP contribution in [0.4, 0.5) is 0 Å². The molecule has 0 radical (unpaired) electrons. The number of carboxylic acids is 1. The second kappa shape index (κ2) is 18.3. The summed E-state index contributed by atoms with van der Waals surface area (Å²) >= 11 is 0. The first-order valence-corrected chi connectivity index (χ1v) is 9.64. The van der Waals surface area contributed by atoms with Crippen molar-refractivity contribution in [2.24, 2.45) is 0 Å². The van der Waals surface area contributed by atoms with Gasteiger partial charge in [0.2, 0.25) is 0 Å². The van der Waals surface area contributed by atoms with Gasteiger partial charge in [-0.1, -0.05) is 89.7 Å². The molecule has 1 N–H and O–H groups in total. The number of hydrogen-bond acceptors (Lipinski definition) is 1. The van der Waals surface area contributed by atoms with Crippen molar-refractivity contribution in [1.29, 1.82) is 0 Å². The Morgan fingerprint density at radius 2 is 1.09 bits per heavy atom. The third-order valence-electron chi connectivity index (χ3n) is 4.16. The summed E-state index contributed by atoms with van der Waals surface area (Å²) in [6.45, 7) is 2.19. The second-order valence-corrected chi connectivity index (χ2v) is 6.41. The lowest BCUT2D eigenvalue weighted by atomic mass is 10.0. The maximum atomic E-state index is 10.4. The molecular weight excluding hydrogens is 272 g/mol. The first kappa shape index (κ1) is 21.2. The average Bonchev–Trinajstić information content (AvgIpc) is 2.50. The largest absolute Gasteiger partial charge is 0.481 e. The van der Waals surface area contributed by atoms with Crippen LogP contribution in [0.2, 0.25) is 0 Å². The molecule has 22 heavy (non-hydrogen) atoms. The maximum absolute atomic E-state index is 10.4. The van der Waals surface area contributed by atoms with E-state index in [9.17, 15) is 4.79 Å². The number of rotatable bonds is 17. The summed E-state index contributed by atoms with van der Waals surface area (Å²) in [5.74, 6) is -0.655. The van der Waals surface area contributed by atoms with Crippen molar-refractivity contribution in [2.75, 3.05) is 0 Å². The number of unbranched alkanes of at least 4 members (excludes halogenated alkanes) is 13. The van der Waals surface area contributed by atoms with Gasteiger partial charge in [-0.05, 0) is 25.7 Å². The molecule has 0 saturated heterocycles. The molecular formula is C20H38O2. The van der Waals surface area contributed by atoms with Crippen molar-refractivity contribution in [1.82, 2.24) is 0 Å². The molecule has 0 aliphatic rings. The zero-order chi connectivity index (χ0) is 16.3. The van der Waals surface area contributed by atoms with E-state index in [1.54, 1.807) is 0 Å². The lowest BCUT2D eigenvalue weighted by Crippen LogP contribution is -1.93. The van der Waals surface area contributed by atoms with Gasteiger partial charge in [0.15, 0.2) is 0 Å². The van der Waals surface area contributed by atoms with E-state index >= 15 is 0 Å². The molecule has 0 unspecified atom stereocenters. The molecule has 2 nitrogen and oxygen atoms in total. The Morgan fingerprint density at radius 3 is 1.50 bits per heavy atom. The summed E-state index contributed by atoms with van der Waals surface area (Å²) in [6.07, 6.45) is 24.2. The van der Waals surface area contributed by atoms with Crippen molar-refractivity contribution in [3.8, 4) is 0 Å². The zero-order valence-corrected chi connectivity index (χ0v) is 14.8. The van der Waals surface area contributed by atoms with Gasteiger partial charge >= 0.3 is 5.97 Å². The molecule has 0 atom stereocenters. The Hall–Kier alpha value is -0.790. The van der Waals surface area contributed by atoms with E-state index in [0.717, 1.165) is 12.8 Å². The lowest BCUT2D eigenvalue weighted by Gasteiger charge is -2.02. The van der Waals surface area contributed by atoms with Crippen molar-refractivity contribution in [3.05, 3.63) is 12.2 Å². The van der Waals surface area contributed by atoms with E-state index in [1.807, 2.05) is 0 Å². The molecule has 0 spiro atoms. The van der Waals surface area contributed by atoms with Crippen molar-refractivity contribution in [2.45, 2.75) is 110 Å². The SMILES string of the molecule is CCC=CCCCCCCCCCCCCCCCC(=O)O. The standard InChI is InChI=1S/C20H38O2/c1-2-3-4-5-6-7-8-9-10-11-12-13-14-15-16-17-18-19-20(21)22/h3-4H,2,5-19H2,1H3,(H,21,22). The van der Waals surface area contributed by atoms with Gasteiger partial charge in [-0.3, -0.25) is 4.79 Å². The van der Waals surface area contributed by atoms with Crippen LogP contribution >= 0.6 is 0 Å². The highest BCUT2D eigenvalue weighted by Crippen LogP contribution is 2.13. The highest BCUT2D eigenvalue weighted by Gasteiger charge is 1.97. The van der Waals surface area contributed by atoms with Crippen molar-refractivity contribution >= 4 is 5.97 Å². The molecule has 0 aromatic heterocycles. The summed E-state index contributed by atoms with van der Waals surface area (Å²) in [6, 6.07) is 0. The molecule has 0 aliphatic carbocycles. The normalized spacial score (nSPS) is 11.3. The van der Waals surface area contributed by atoms with Gasteiger partial charge in [0.25, 0.3) is 0 Å². The number of carbonyl (C=O) groups is 1. The van der Waals surface area contributed by atoms with E-state index < -0.39 is 5.97 Å². The number of hydrogen-bond donors (Lipinski definition) is 1. The van der Waals surface area contributed by atoms with Crippen LogP contribution in [0.1, 0.15) is 110 Å². The summed E-state index contributed by atoms with van der Waals surface area (Å²) in [7, 11) is 0. The van der Waals surface area contributed by atoms with Gasteiger partial charge in [0.1, 0.15) is 0 Å². The molecule has 0 bridgehead atoms. The third kappa shape index (κ3) is 19.2. The summed E-state index contributed by atoms with van der Waals surface area (Å²) in [5, 5.41) is 8.54. The van der Waals surface area contributed by atoms with Gasteiger partial charge in [-0.25, -0.2) is 0 Å².